The fourth-order valence-corrected chi connectivity index (χ4v) is 2.01. The van der Waals surface area contributed by atoms with Crippen molar-refractivity contribution in [3.63, 3.8) is 0 Å². The number of aromatic amines is 1. The van der Waals surface area contributed by atoms with Gasteiger partial charge in [0.2, 0.25) is 0 Å². The number of nitrogens with one attached hydrogen (secondary N) is 1. The lowest BCUT2D eigenvalue weighted by Gasteiger charge is -2.10. The maximum atomic E-state index is 11.8. The summed E-state index contributed by atoms with van der Waals surface area (Å²) < 4.78 is 4.96. The Kier molecular flexibility index (Phi) is 3.92. The highest BCUT2D eigenvalue weighted by Crippen LogP contribution is 2.30. The van der Waals surface area contributed by atoms with Crippen molar-refractivity contribution >= 4 is 11.8 Å². The van der Waals surface area contributed by atoms with E-state index in [1.54, 1.807) is 24.3 Å². The van der Waals surface area contributed by atoms with Gasteiger partial charge in [-0.1, -0.05) is 12.1 Å². The maximum absolute atomic E-state index is 11.8. The van der Waals surface area contributed by atoms with Gasteiger partial charge in [0.15, 0.2) is 0 Å². The number of nitrogens with zero attached hydrogens (tertiary/aromatic N) is 2. The van der Waals surface area contributed by atoms with Crippen LogP contribution in [0, 0.1) is 22.7 Å². The van der Waals surface area contributed by atoms with Crippen LogP contribution < -0.4 is 16.0 Å². The number of nitrogens with two attached hydrogens (primary N) is 1. The van der Waals surface area contributed by atoms with E-state index in [0.717, 1.165) is 0 Å². The highest BCUT2D eigenvalue weighted by atomic mass is 16.5. The van der Waals surface area contributed by atoms with Crippen molar-refractivity contribution in [1.82, 2.24) is 4.98 Å². The van der Waals surface area contributed by atoms with Crippen molar-refractivity contribution in [2.24, 2.45) is 0 Å². The van der Waals surface area contributed by atoms with Crippen LogP contribution >= 0.6 is 0 Å². The van der Waals surface area contributed by atoms with Crippen molar-refractivity contribution in [1.29, 1.82) is 10.5 Å². The molecule has 1 aromatic heterocycles. The first-order valence-electron chi connectivity index (χ1n) is 6.12. The summed E-state index contributed by atoms with van der Waals surface area (Å²) in [6.07, 6.45) is 0. The summed E-state index contributed by atoms with van der Waals surface area (Å²) in [5.41, 5.74) is 5.19. The topological polar surface area (TPSA) is 133 Å². The summed E-state index contributed by atoms with van der Waals surface area (Å²) in [5, 5.41) is 18.4. The summed E-state index contributed by atoms with van der Waals surface area (Å²) in [6, 6.07) is 9.80. The van der Waals surface area contributed by atoms with Gasteiger partial charge in [0, 0.05) is 12.5 Å². The van der Waals surface area contributed by atoms with Gasteiger partial charge in [-0.25, -0.2) is 0 Å². The molecule has 7 nitrogen and oxygen atoms in total. The van der Waals surface area contributed by atoms with E-state index >= 15 is 0 Å². The van der Waals surface area contributed by atoms with Crippen LogP contribution in [-0.4, -0.2) is 11.0 Å². The van der Waals surface area contributed by atoms with Gasteiger partial charge in [-0.05, 0) is 17.7 Å². The molecular formula is C15H10N4O3. The quantitative estimate of drug-likeness (QED) is 0.633. The number of carbonyl (C=O) groups excluding carboxylic acids is 1. The van der Waals surface area contributed by atoms with E-state index in [-0.39, 0.29) is 28.3 Å². The molecule has 2 rings (SSSR count). The predicted molar refractivity (Wildman–Crippen MR) is 77.7 cm³/mol. The first-order valence-corrected chi connectivity index (χ1v) is 6.12. The number of ether oxygens (including phenoxy) is 1. The Morgan fingerprint density at radius 3 is 2.55 bits per heavy atom. The van der Waals surface area contributed by atoms with Gasteiger partial charge in [-0.3, -0.25) is 9.59 Å². The third-order valence-corrected chi connectivity index (χ3v) is 2.85. The van der Waals surface area contributed by atoms with Crippen molar-refractivity contribution in [2.75, 3.05) is 5.73 Å². The fourth-order valence-electron chi connectivity index (χ4n) is 2.01. The molecule has 108 valence electrons. The summed E-state index contributed by atoms with van der Waals surface area (Å²) in [4.78, 5) is 25.1. The minimum Gasteiger partial charge on any atom is -0.427 e. The minimum absolute atomic E-state index is 0.0175. The molecule has 0 bridgehead atoms. The van der Waals surface area contributed by atoms with Crippen LogP contribution in [0.2, 0.25) is 0 Å². The molecule has 1 heterocycles. The average Bonchev–Trinajstić information content (AvgIpc) is 2.46. The fraction of sp³-hybridized carbons (Fsp3) is 0.0667. The number of benzene rings is 1. The number of nitrogen functional groups attached to an aromatic ring is 1. The Bertz CT molecular complexity index is 900. The number of pyridine rings is 1. The lowest BCUT2D eigenvalue weighted by molar-refractivity contribution is -0.131. The summed E-state index contributed by atoms with van der Waals surface area (Å²) in [7, 11) is 0. The number of aromatic nitrogens is 1. The number of H-pyrrole nitrogens is 1. The molecule has 0 unspecified atom stereocenters. The lowest BCUT2D eigenvalue weighted by Crippen LogP contribution is -2.16. The number of hydrogen-bond donors (Lipinski definition) is 2. The van der Waals surface area contributed by atoms with E-state index in [1.165, 1.54) is 13.0 Å². The summed E-state index contributed by atoms with van der Waals surface area (Å²) in [6.45, 7) is 1.25. The first-order chi connectivity index (χ1) is 10.5. The van der Waals surface area contributed by atoms with E-state index in [4.69, 9.17) is 10.5 Å². The van der Waals surface area contributed by atoms with Crippen molar-refractivity contribution < 1.29 is 9.53 Å². The molecule has 22 heavy (non-hydrogen) atoms. The van der Waals surface area contributed by atoms with Crippen LogP contribution in [0.15, 0.2) is 29.1 Å². The number of anilines is 1. The highest BCUT2D eigenvalue weighted by Gasteiger charge is 2.18. The number of rotatable bonds is 2. The van der Waals surface area contributed by atoms with E-state index in [0.29, 0.717) is 5.56 Å². The second-order valence-electron chi connectivity index (χ2n) is 4.34. The molecule has 0 saturated heterocycles. The molecule has 0 aliphatic rings. The van der Waals surface area contributed by atoms with Gasteiger partial charge in [-0.2, -0.15) is 10.5 Å². The zero-order valence-corrected chi connectivity index (χ0v) is 11.5. The van der Waals surface area contributed by atoms with Gasteiger partial charge < -0.3 is 15.5 Å². The van der Waals surface area contributed by atoms with Crippen LogP contribution in [0.25, 0.3) is 11.1 Å². The summed E-state index contributed by atoms with van der Waals surface area (Å²) in [5.74, 6) is -0.403. The molecule has 0 atom stereocenters. The molecular weight excluding hydrogens is 284 g/mol. The van der Waals surface area contributed by atoms with E-state index in [2.05, 4.69) is 4.98 Å². The third-order valence-electron chi connectivity index (χ3n) is 2.85. The SMILES string of the molecule is CC(=O)Oc1cccc(-c2c(C#N)c(N)[nH]c(=O)c2C#N)c1. The third kappa shape index (κ3) is 2.65. The zero-order chi connectivity index (χ0) is 16.3. The Labute approximate surface area is 125 Å². The largest absolute Gasteiger partial charge is 0.427 e. The average molecular weight is 294 g/mol. The van der Waals surface area contributed by atoms with Gasteiger partial charge in [0.05, 0.1) is 0 Å². The number of esters is 1. The summed E-state index contributed by atoms with van der Waals surface area (Å²) >= 11 is 0. The normalized spacial score (nSPS) is 9.59. The molecule has 0 saturated carbocycles. The Morgan fingerprint density at radius 1 is 1.27 bits per heavy atom. The van der Waals surface area contributed by atoms with Gasteiger partial charge in [-0.15, -0.1) is 0 Å². The number of nitriles is 2. The molecule has 0 fully saturated rings. The lowest BCUT2D eigenvalue weighted by atomic mass is 9.96. The van der Waals surface area contributed by atoms with Gasteiger partial charge in [0.1, 0.15) is 34.8 Å². The molecule has 0 spiro atoms. The molecule has 0 aliphatic heterocycles. The van der Waals surface area contributed by atoms with Crippen LogP contribution in [-0.2, 0) is 4.79 Å². The van der Waals surface area contributed by atoms with Crippen LogP contribution in [0.4, 0.5) is 5.82 Å². The Balaban J connectivity index is 2.78. The maximum Gasteiger partial charge on any atom is 0.308 e. The predicted octanol–water partition coefficient (Wildman–Crippen LogP) is 1.29. The Hall–Kier alpha value is -3.58. The Morgan fingerprint density at radius 2 is 1.95 bits per heavy atom. The first kappa shape index (κ1) is 14.8. The van der Waals surface area contributed by atoms with E-state index in [1.807, 2.05) is 6.07 Å². The molecule has 0 radical (unpaired) electrons. The monoisotopic (exact) mass is 294 g/mol. The molecule has 7 heteroatoms. The zero-order valence-electron chi connectivity index (χ0n) is 11.5. The molecule has 3 N–H and O–H groups in total. The van der Waals surface area contributed by atoms with Crippen molar-refractivity contribution in [2.45, 2.75) is 6.92 Å². The molecule has 2 aromatic rings. The van der Waals surface area contributed by atoms with Crippen molar-refractivity contribution in [3.8, 4) is 29.0 Å². The van der Waals surface area contributed by atoms with Crippen LogP contribution in [0.3, 0.4) is 0 Å². The van der Waals surface area contributed by atoms with Gasteiger partial charge in [0.25, 0.3) is 5.56 Å². The molecule has 0 amide bonds. The van der Waals surface area contributed by atoms with Crippen LogP contribution in [0.1, 0.15) is 18.1 Å². The number of carbonyl (C=O) groups is 1. The minimum atomic E-state index is -0.688. The second-order valence-corrected chi connectivity index (χ2v) is 4.34. The van der Waals surface area contributed by atoms with Crippen LogP contribution in [0.5, 0.6) is 5.75 Å². The van der Waals surface area contributed by atoms with E-state index < -0.39 is 11.5 Å². The highest BCUT2D eigenvalue weighted by molar-refractivity contribution is 5.81. The van der Waals surface area contributed by atoms with Gasteiger partial charge >= 0.3 is 5.97 Å². The standard InChI is InChI=1S/C15H10N4O3/c1-8(20)22-10-4-2-3-9(5-10)13-11(6-16)14(18)19-15(21)12(13)7-17/h2-5H,1H3,(H3,18,19,21). The molecule has 1 aromatic carbocycles. The van der Waals surface area contributed by atoms with E-state index in [9.17, 15) is 20.1 Å². The smallest absolute Gasteiger partial charge is 0.308 e. The number of hydrogen-bond acceptors (Lipinski definition) is 6. The second kappa shape index (κ2) is 5.81. The van der Waals surface area contributed by atoms with Crippen molar-refractivity contribution in [3.05, 3.63) is 45.7 Å². The molecule has 0 aliphatic carbocycles.